The lowest BCUT2D eigenvalue weighted by Gasteiger charge is -2.22. The predicted molar refractivity (Wildman–Crippen MR) is 90.9 cm³/mol. The van der Waals surface area contributed by atoms with E-state index in [0.29, 0.717) is 13.1 Å². The van der Waals surface area contributed by atoms with Crippen LogP contribution in [-0.4, -0.2) is 34.2 Å². The molecule has 1 heterocycles. The highest BCUT2D eigenvalue weighted by Gasteiger charge is 2.09. The molecule has 0 saturated heterocycles. The molecule has 0 spiro atoms. The standard InChI is InChI=1S/C16H22ClN5/c1-4-18-16(19-11-14-9-10-20-22(14)3)21(2)12-13-7-5-6-8-15(13)17/h5-10H,4,11-12H2,1-3H3,(H,18,19). The number of halogens is 1. The summed E-state index contributed by atoms with van der Waals surface area (Å²) in [6.45, 7) is 4.17. The predicted octanol–water partition coefficient (Wildman–Crippen LogP) is 2.67. The lowest BCUT2D eigenvalue weighted by Crippen LogP contribution is -2.38. The van der Waals surface area contributed by atoms with Gasteiger partial charge in [-0.05, 0) is 24.6 Å². The normalized spacial score (nSPS) is 11.5. The third-order valence-electron chi connectivity index (χ3n) is 3.38. The lowest BCUT2D eigenvalue weighted by molar-refractivity contribution is 0.476. The van der Waals surface area contributed by atoms with Gasteiger partial charge in [-0.1, -0.05) is 29.8 Å². The summed E-state index contributed by atoms with van der Waals surface area (Å²) in [5.74, 6) is 0.851. The van der Waals surface area contributed by atoms with Crippen molar-refractivity contribution in [3.8, 4) is 0 Å². The topological polar surface area (TPSA) is 45.5 Å². The molecule has 22 heavy (non-hydrogen) atoms. The first-order chi connectivity index (χ1) is 10.6. The van der Waals surface area contributed by atoms with Crippen molar-refractivity contribution >= 4 is 17.6 Å². The zero-order valence-corrected chi connectivity index (χ0v) is 14.0. The second kappa shape index (κ2) is 7.84. The van der Waals surface area contributed by atoms with Gasteiger partial charge >= 0.3 is 0 Å². The molecule has 0 saturated carbocycles. The van der Waals surface area contributed by atoms with Gasteiger partial charge in [-0.25, -0.2) is 4.99 Å². The first kappa shape index (κ1) is 16.4. The SMILES string of the molecule is CCNC(=NCc1ccnn1C)N(C)Cc1ccccc1Cl. The van der Waals surface area contributed by atoms with Crippen molar-refractivity contribution in [2.45, 2.75) is 20.0 Å². The van der Waals surface area contributed by atoms with E-state index in [2.05, 4.69) is 27.2 Å². The van der Waals surface area contributed by atoms with Gasteiger partial charge in [0.15, 0.2) is 5.96 Å². The molecule has 0 fully saturated rings. The van der Waals surface area contributed by atoms with E-state index >= 15 is 0 Å². The van der Waals surface area contributed by atoms with Gasteiger partial charge in [-0.3, -0.25) is 4.68 Å². The Kier molecular flexibility index (Phi) is 5.83. The molecule has 2 rings (SSSR count). The molecule has 1 aromatic heterocycles. The second-order valence-corrected chi connectivity index (χ2v) is 5.47. The zero-order chi connectivity index (χ0) is 15.9. The van der Waals surface area contributed by atoms with Gasteiger partial charge in [-0.2, -0.15) is 5.10 Å². The van der Waals surface area contributed by atoms with Crippen molar-refractivity contribution in [2.24, 2.45) is 12.0 Å². The summed E-state index contributed by atoms with van der Waals surface area (Å²) < 4.78 is 1.83. The van der Waals surface area contributed by atoms with E-state index in [9.17, 15) is 0 Å². The number of nitrogens with one attached hydrogen (secondary N) is 1. The largest absolute Gasteiger partial charge is 0.357 e. The van der Waals surface area contributed by atoms with Gasteiger partial charge in [0, 0.05) is 38.4 Å². The summed E-state index contributed by atoms with van der Waals surface area (Å²) in [5, 5.41) is 8.24. The summed E-state index contributed by atoms with van der Waals surface area (Å²) >= 11 is 6.23. The Hall–Kier alpha value is -2.01. The molecule has 0 aliphatic rings. The summed E-state index contributed by atoms with van der Waals surface area (Å²) in [5.41, 5.74) is 2.15. The Morgan fingerprint density at radius 3 is 2.77 bits per heavy atom. The van der Waals surface area contributed by atoms with Crippen LogP contribution in [0.15, 0.2) is 41.5 Å². The van der Waals surface area contributed by atoms with Crippen molar-refractivity contribution in [3.05, 3.63) is 52.8 Å². The Labute approximate surface area is 136 Å². The van der Waals surface area contributed by atoms with Crippen LogP contribution in [0.3, 0.4) is 0 Å². The number of aryl methyl sites for hydroxylation is 1. The zero-order valence-electron chi connectivity index (χ0n) is 13.3. The monoisotopic (exact) mass is 319 g/mol. The van der Waals surface area contributed by atoms with E-state index in [-0.39, 0.29) is 0 Å². The highest BCUT2D eigenvalue weighted by atomic mass is 35.5. The Morgan fingerprint density at radius 2 is 2.14 bits per heavy atom. The van der Waals surface area contributed by atoms with Crippen molar-refractivity contribution in [2.75, 3.05) is 13.6 Å². The van der Waals surface area contributed by atoms with Crippen LogP contribution in [0.25, 0.3) is 0 Å². The number of aliphatic imine (C=N–C) groups is 1. The maximum atomic E-state index is 6.23. The number of benzene rings is 1. The van der Waals surface area contributed by atoms with Crippen LogP contribution in [0.2, 0.25) is 5.02 Å². The third kappa shape index (κ3) is 4.24. The van der Waals surface area contributed by atoms with E-state index in [1.54, 1.807) is 6.20 Å². The number of nitrogens with zero attached hydrogens (tertiary/aromatic N) is 4. The molecule has 2 aromatic rings. The van der Waals surface area contributed by atoms with E-state index in [1.165, 1.54) is 0 Å². The molecule has 1 N–H and O–H groups in total. The molecule has 0 radical (unpaired) electrons. The van der Waals surface area contributed by atoms with Crippen LogP contribution in [0.1, 0.15) is 18.2 Å². The van der Waals surface area contributed by atoms with Gasteiger partial charge < -0.3 is 10.2 Å². The van der Waals surface area contributed by atoms with Crippen LogP contribution in [0.4, 0.5) is 0 Å². The third-order valence-corrected chi connectivity index (χ3v) is 3.74. The molecule has 0 unspecified atom stereocenters. The minimum Gasteiger partial charge on any atom is -0.357 e. The lowest BCUT2D eigenvalue weighted by atomic mass is 10.2. The molecule has 1 aromatic carbocycles. The van der Waals surface area contributed by atoms with Crippen LogP contribution in [0.5, 0.6) is 0 Å². The Balaban J connectivity index is 2.09. The summed E-state index contributed by atoms with van der Waals surface area (Å²) in [7, 11) is 3.93. The van der Waals surface area contributed by atoms with Crippen molar-refractivity contribution in [1.29, 1.82) is 0 Å². The molecule has 5 nitrogen and oxygen atoms in total. The molecule has 118 valence electrons. The van der Waals surface area contributed by atoms with Crippen molar-refractivity contribution < 1.29 is 0 Å². The molecular formula is C16H22ClN5. The van der Waals surface area contributed by atoms with Crippen LogP contribution in [-0.2, 0) is 20.1 Å². The molecule has 6 heteroatoms. The van der Waals surface area contributed by atoms with Crippen LogP contribution >= 0.6 is 11.6 Å². The minimum absolute atomic E-state index is 0.589. The number of hydrogen-bond acceptors (Lipinski definition) is 2. The van der Waals surface area contributed by atoms with Gasteiger partial charge in [0.05, 0.1) is 12.2 Å². The van der Waals surface area contributed by atoms with Crippen LogP contribution < -0.4 is 5.32 Å². The quantitative estimate of drug-likeness (QED) is 0.681. The maximum absolute atomic E-state index is 6.23. The molecule has 0 aliphatic heterocycles. The van der Waals surface area contributed by atoms with Gasteiger partial charge in [-0.15, -0.1) is 0 Å². The highest BCUT2D eigenvalue weighted by Crippen LogP contribution is 2.16. The van der Waals surface area contributed by atoms with E-state index in [1.807, 2.05) is 49.1 Å². The van der Waals surface area contributed by atoms with Gasteiger partial charge in [0.1, 0.15) is 0 Å². The van der Waals surface area contributed by atoms with Crippen LogP contribution in [0, 0.1) is 0 Å². The maximum Gasteiger partial charge on any atom is 0.194 e. The smallest absolute Gasteiger partial charge is 0.194 e. The molecular weight excluding hydrogens is 298 g/mol. The average molecular weight is 320 g/mol. The summed E-state index contributed by atoms with van der Waals surface area (Å²) in [6, 6.07) is 9.84. The average Bonchev–Trinajstić information content (AvgIpc) is 2.91. The van der Waals surface area contributed by atoms with Gasteiger partial charge in [0.25, 0.3) is 0 Å². The highest BCUT2D eigenvalue weighted by molar-refractivity contribution is 6.31. The molecule has 0 amide bonds. The van der Waals surface area contributed by atoms with E-state index in [4.69, 9.17) is 11.6 Å². The minimum atomic E-state index is 0.589. The molecule has 0 bridgehead atoms. The number of aromatic nitrogens is 2. The Morgan fingerprint density at radius 1 is 1.36 bits per heavy atom. The first-order valence-corrected chi connectivity index (χ1v) is 7.69. The second-order valence-electron chi connectivity index (χ2n) is 5.06. The number of rotatable bonds is 5. The number of guanidine groups is 1. The number of hydrogen-bond donors (Lipinski definition) is 1. The first-order valence-electron chi connectivity index (χ1n) is 7.31. The molecule has 0 atom stereocenters. The Bertz CT molecular complexity index is 635. The van der Waals surface area contributed by atoms with Crippen molar-refractivity contribution in [3.63, 3.8) is 0 Å². The fourth-order valence-corrected chi connectivity index (χ4v) is 2.33. The molecule has 0 aliphatic carbocycles. The van der Waals surface area contributed by atoms with E-state index < -0.39 is 0 Å². The summed E-state index contributed by atoms with van der Waals surface area (Å²) in [6.07, 6.45) is 1.78. The fourth-order valence-electron chi connectivity index (χ4n) is 2.14. The fraction of sp³-hybridized carbons (Fsp3) is 0.375. The van der Waals surface area contributed by atoms with E-state index in [0.717, 1.165) is 28.8 Å². The van der Waals surface area contributed by atoms with Gasteiger partial charge in [0.2, 0.25) is 0 Å². The van der Waals surface area contributed by atoms with Crippen molar-refractivity contribution in [1.82, 2.24) is 20.0 Å². The summed E-state index contributed by atoms with van der Waals surface area (Å²) in [4.78, 5) is 6.74.